The summed E-state index contributed by atoms with van der Waals surface area (Å²) in [6.45, 7) is 3.48. The van der Waals surface area contributed by atoms with E-state index in [-0.39, 0.29) is 11.4 Å². The van der Waals surface area contributed by atoms with Crippen molar-refractivity contribution >= 4 is 11.8 Å². The monoisotopic (exact) mass is 193 g/mol. The van der Waals surface area contributed by atoms with E-state index in [4.69, 9.17) is 16.6 Å². The third-order valence-corrected chi connectivity index (χ3v) is 1.80. The summed E-state index contributed by atoms with van der Waals surface area (Å²) in [6, 6.07) is 0.732. The molecule has 1 heterocycles. The first-order chi connectivity index (χ1) is 6.56. The average Bonchev–Trinajstić information content (AvgIpc) is 2.16. The lowest BCUT2D eigenvalue weighted by molar-refractivity contribution is 0.0695. The molecule has 74 valence electrons. The van der Waals surface area contributed by atoms with Gasteiger partial charge >= 0.3 is 5.97 Å². The van der Waals surface area contributed by atoms with E-state index in [9.17, 15) is 4.79 Å². The highest BCUT2D eigenvalue weighted by Gasteiger charge is 2.14. The van der Waals surface area contributed by atoms with Gasteiger partial charge in [-0.05, 0) is 6.07 Å². The molecular formula is C9H11N3O2. The van der Waals surface area contributed by atoms with E-state index in [1.807, 2.05) is 0 Å². The van der Waals surface area contributed by atoms with Gasteiger partial charge in [-0.2, -0.15) is 0 Å². The normalized spacial score (nSPS) is 12.1. The van der Waals surface area contributed by atoms with Gasteiger partial charge in [0.1, 0.15) is 5.82 Å². The van der Waals surface area contributed by atoms with Crippen molar-refractivity contribution in [3.05, 3.63) is 36.0 Å². The summed E-state index contributed by atoms with van der Waals surface area (Å²) in [5.41, 5.74) is 11.5. The smallest absolute Gasteiger partial charge is 0.336 e. The summed E-state index contributed by atoms with van der Waals surface area (Å²) >= 11 is 0. The molecule has 1 rings (SSSR count). The van der Waals surface area contributed by atoms with Crippen LogP contribution in [-0.4, -0.2) is 16.1 Å². The summed E-state index contributed by atoms with van der Waals surface area (Å²) in [5.74, 6) is -0.922. The number of carbonyl (C=O) groups is 1. The lowest BCUT2D eigenvalue weighted by Gasteiger charge is -2.09. The molecule has 0 aliphatic carbocycles. The molecule has 1 atom stereocenters. The summed E-state index contributed by atoms with van der Waals surface area (Å²) < 4.78 is 0. The van der Waals surface area contributed by atoms with Crippen molar-refractivity contribution in [1.82, 2.24) is 4.98 Å². The molecule has 14 heavy (non-hydrogen) atoms. The number of carboxylic acid groups (broad SMARTS) is 1. The number of nitrogens with two attached hydrogens (primary N) is 2. The Morgan fingerprint density at radius 3 is 2.86 bits per heavy atom. The lowest BCUT2D eigenvalue weighted by atomic mass is 10.0. The molecule has 0 saturated carbocycles. The van der Waals surface area contributed by atoms with Gasteiger partial charge in [-0.1, -0.05) is 6.08 Å². The van der Waals surface area contributed by atoms with Gasteiger partial charge in [0.2, 0.25) is 0 Å². The Morgan fingerprint density at radius 1 is 1.71 bits per heavy atom. The predicted molar refractivity (Wildman–Crippen MR) is 52.7 cm³/mol. The maximum atomic E-state index is 10.8. The lowest BCUT2D eigenvalue weighted by Crippen LogP contribution is -2.13. The van der Waals surface area contributed by atoms with Crippen LogP contribution in [0.1, 0.15) is 22.0 Å². The topological polar surface area (TPSA) is 102 Å². The van der Waals surface area contributed by atoms with Crippen molar-refractivity contribution in [3.63, 3.8) is 0 Å². The minimum atomic E-state index is -1.08. The maximum absolute atomic E-state index is 10.8. The van der Waals surface area contributed by atoms with E-state index in [0.717, 1.165) is 0 Å². The van der Waals surface area contributed by atoms with E-state index in [1.165, 1.54) is 18.3 Å². The molecule has 1 aromatic heterocycles. The fourth-order valence-corrected chi connectivity index (χ4v) is 1.06. The highest BCUT2D eigenvalue weighted by atomic mass is 16.4. The van der Waals surface area contributed by atoms with Crippen LogP contribution in [0.2, 0.25) is 0 Å². The molecule has 0 bridgehead atoms. The Hall–Kier alpha value is -1.88. The SMILES string of the molecule is C=CC(N)c1cnc(N)cc1C(=O)O. The van der Waals surface area contributed by atoms with Crippen LogP contribution in [0.25, 0.3) is 0 Å². The van der Waals surface area contributed by atoms with Crippen LogP contribution in [-0.2, 0) is 0 Å². The summed E-state index contributed by atoms with van der Waals surface area (Å²) in [6.07, 6.45) is 2.80. The molecule has 0 radical (unpaired) electrons. The zero-order valence-electron chi connectivity index (χ0n) is 7.47. The van der Waals surface area contributed by atoms with Crippen LogP contribution in [0.5, 0.6) is 0 Å². The zero-order chi connectivity index (χ0) is 10.7. The number of hydrogen-bond donors (Lipinski definition) is 3. The zero-order valence-corrected chi connectivity index (χ0v) is 7.47. The average molecular weight is 193 g/mol. The van der Waals surface area contributed by atoms with Gasteiger partial charge in [-0.25, -0.2) is 9.78 Å². The van der Waals surface area contributed by atoms with Crippen molar-refractivity contribution in [2.45, 2.75) is 6.04 Å². The molecule has 0 aliphatic heterocycles. The number of rotatable bonds is 3. The molecule has 0 aromatic carbocycles. The van der Waals surface area contributed by atoms with Crippen LogP contribution in [0.3, 0.4) is 0 Å². The number of hydrogen-bond acceptors (Lipinski definition) is 4. The highest BCUT2D eigenvalue weighted by Crippen LogP contribution is 2.17. The highest BCUT2D eigenvalue weighted by molar-refractivity contribution is 5.90. The van der Waals surface area contributed by atoms with Gasteiger partial charge in [-0.3, -0.25) is 0 Å². The number of nitrogens with zero attached hydrogens (tertiary/aromatic N) is 1. The van der Waals surface area contributed by atoms with Gasteiger partial charge in [0, 0.05) is 11.8 Å². The van der Waals surface area contributed by atoms with E-state index in [1.54, 1.807) is 0 Å². The van der Waals surface area contributed by atoms with E-state index in [2.05, 4.69) is 11.6 Å². The number of aromatic nitrogens is 1. The van der Waals surface area contributed by atoms with Crippen LogP contribution >= 0.6 is 0 Å². The molecule has 5 nitrogen and oxygen atoms in total. The van der Waals surface area contributed by atoms with Gasteiger partial charge in [-0.15, -0.1) is 6.58 Å². The second-order valence-electron chi connectivity index (χ2n) is 2.76. The molecule has 1 unspecified atom stereocenters. The number of anilines is 1. The third-order valence-electron chi connectivity index (χ3n) is 1.80. The number of aromatic carboxylic acids is 1. The minimum Gasteiger partial charge on any atom is -0.478 e. The van der Waals surface area contributed by atoms with E-state index in [0.29, 0.717) is 5.56 Å². The molecule has 5 N–H and O–H groups in total. The first-order valence-corrected chi connectivity index (χ1v) is 3.93. The fourth-order valence-electron chi connectivity index (χ4n) is 1.06. The largest absolute Gasteiger partial charge is 0.478 e. The van der Waals surface area contributed by atoms with Gasteiger partial charge in [0.05, 0.1) is 11.6 Å². The molecular weight excluding hydrogens is 182 g/mol. The second-order valence-corrected chi connectivity index (χ2v) is 2.76. The van der Waals surface area contributed by atoms with Crippen molar-refractivity contribution in [3.8, 4) is 0 Å². The fraction of sp³-hybridized carbons (Fsp3) is 0.111. The van der Waals surface area contributed by atoms with Gasteiger partial charge < -0.3 is 16.6 Å². The minimum absolute atomic E-state index is 0.0601. The standard InChI is InChI=1S/C9H11N3O2/c1-2-7(10)6-4-12-8(11)3-5(6)9(13)14/h2-4,7H,1,10H2,(H2,11,12)(H,13,14). The first-order valence-electron chi connectivity index (χ1n) is 3.93. The second kappa shape index (κ2) is 3.89. The molecule has 0 spiro atoms. The molecule has 0 amide bonds. The summed E-state index contributed by atoms with van der Waals surface area (Å²) in [5, 5.41) is 8.86. The van der Waals surface area contributed by atoms with Crippen molar-refractivity contribution in [2.24, 2.45) is 5.73 Å². The third kappa shape index (κ3) is 1.89. The Labute approximate surface area is 81.1 Å². The molecule has 0 fully saturated rings. The Balaban J connectivity index is 3.28. The van der Waals surface area contributed by atoms with Gasteiger partial charge in [0.15, 0.2) is 0 Å². The maximum Gasteiger partial charge on any atom is 0.336 e. The van der Waals surface area contributed by atoms with Crippen LogP contribution in [0.15, 0.2) is 24.9 Å². The van der Waals surface area contributed by atoms with Crippen molar-refractivity contribution in [1.29, 1.82) is 0 Å². The number of nitrogen functional groups attached to an aromatic ring is 1. The first kappa shape index (κ1) is 10.2. The Bertz CT molecular complexity index is 376. The number of pyridine rings is 1. The van der Waals surface area contributed by atoms with Crippen LogP contribution in [0, 0.1) is 0 Å². The Kier molecular flexibility index (Phi) is 2.83. The molecule has 0 saturated heterocycles. The van der Waals surface area contributed by atoms with Crippen LogP contribution in [0.4, 0.5) is 5.82 Å². The predicted octanol–water partition coefficient (Wildman–Crippen LogP) is 0.548. The Morgan fingerprint density at radius 2 is 2.36 bits per heavy atom. The van der Waals surface area contributed by atoms with Crippen LogP contribution < -0.4 is 11.5 Å². The quantitative estimate of drug-likeness (QED) is 0.608. The number of carboxylic acids is 1. The van der Waals surface area contributed by atoms with E-state index < -0.39 is 12.0 Å². The molecule has 0 aliphatic rings. The van der Waals surface area contributed by atoms with E-state index >= 15 is 0 Å². The summed E-state index contributed by atoms with van der Waals surface area (Å²) in [7, 11) is 0. The molecule has 1 aromatic rings. The summed E-state index contributed by atoms with van der Waals surface area (Å²) in [4.78, 5) is 14.6. The van der Waals surface area contributed by atoms with Crippen molar-refractivity contribution < 1.29 is 9.90 Å². The van der Waals surface area contributed by atoms with Gasteiger partial charge in [0.25, 0.3) is 0 Å². The van der Waals surface area contributed by atoms with Crippen molar-refractivity contribution in [2.75, 3.05) is 5.73 Å². The molecule has 5 heteroatoms.